The van der Waals surface area contributed by atoms with Crippen LogP contribution in [0.3, 0.4) is 0 Å². The minimum Gasteiger partial charge on any atom is -0.492 e. The Kier molecular flexibility index (Phi) is 40.6. The summed E-state index contributed by atoms with van der Waals surface area (Å²) in [5, 5.41) is 5.49. The molecule has 3 atom stereocenters. The van der Waals surface area contributed by atoms with Crippen LogP contribution in [0.15, 0.2) is 164 Å². The second-order valence-corrected chi connectivity index (χ2v) is 29.7. The molecule has 24 heteroatoms. The Labute approximate surface area is 613 Å². The fourth-order valence-electron chi connectivity index (χ4n) is 9.89. The van der Waals surface area contributed by atoms with Gasteiger partial charge in [0.1, 0.15) is 51.1 Å². The Hall–Kier alpha value is -7.09. The molecule has 3 unspecified atom stereocenters. The molecule has 2 N–H and O–H groups in total. The number of nitrogens with one attached hydrogen (secondary N) is 2. The molecular weight excluding hydrogens is 1390 g/mol. The van der Waals surface area contributed by atoms with Gasteiger partial charge in [-0.3, -0.25) is 33.6 Å². The van der Waals surface area contributed by atoms with Crippen molar-refractivity contribution in [3.63, 3.8) is 0 Å². The Morgan fingerprint density at radius 1 is 0.446 bits per heavy atom. The van der Waals surface area contributed by atoms with Crippen LogP contribution >= 0.6 is 58.8 Å². The molecule has 0 aliphatic heterocycles. The summed E-state index contributed by atoms with van der Waals surface area (Å²) in [6, 6.07) is 46.8. The van der Waals surface area contributed by atoms with E-state index in [9.17, 15) is 46.7 Å². The summed E-state index contributed by atoms with van der Waals surface area (Å²) >= 11 is 7.92. The average Bonchev–Trinajstić information content (AvgIpc) is 0.850. The number of Topliss-reactive ketones (excluding diaryl/α,β-unsaturated/α-hetero) is 1. The lowest BCUT2D eigenvalue weighted by atomic mass is 9.92. The summed E-state index contributed by atoms with van der Waals surface area (Å²) in [7, 11) is 0. The number of benzene rings is 6. The summed E-state index contributed by atoms with van der Waals surface area (Å²) in [5.74, 6) is 1.93. The van der Waals surface area contributed by atoms with Crippen molar-refractivity contribution < 1.29 is 79.9 Å². The van der Waals surface area contributed by atoms with Gasteiger partial charge in [-0.2, -0.15) is 72.0 Å². The van der Waals surface area contributed by atoms with Crippen LogP contribution in [0.1, 0.15) is 89.2 Å². The average molecular weight is 1490 g/mol. The molecular formula is C77H93F3N2O14S5. The largest absolute Gasteiger partial charge is 0.492 e. The zero-order valence-electron chi connectivity index (χ0n) is 57.2. The minimum absolute atomic E-state index is 0.116. The highest BCUT2D eigenvalue weighted by Gasteiger charge is 2.30. The van der Waals surface area contributed by atoms with E-state index in [-0.39, 0.29) is 142 Å². The maximum absolute atomic E-state index is 14.9. The molecule has 6 aromatic carbocycles. The zero-order valence-corrected chi connectivity index (χ0v) is 61.3. The number of esters is 4. The van der Waals surface area contributed by atoms with Crippen LogP contribution in [0.2, 0.25) is 0 Å². The number of ketones is 1. The molecule has 0 aliphatic carbocycles. The topological polar surface area (TPSA) is 208 Å². The first-order valence-electron chi connectivity index (χ1n) is 34.0. The molecule has 0 aromatic heterocycles. The Morgan fingerprint density at radius 2 is 0.891 bits per heavy atom. The van der Waals surface area contributed by atoms with Gasteiger partial charge >= 0.3 is 30.1 Å². The molecule has 6 aromatic rings. The highest BCUT2D eigenvalue weighted by molar-refractivity contribution is 8.03. The van der Waals surface area contributed by atoms with Gasteiger partial charge in [0, 0.05) is 101 Å². The number of halogens is 3. The van der Waals surface area contributed by atoms with Gasteiger partial charge < -0.3 is 43.8 Å². The number of amides is 2. The Balaban J connectivity index is 1.19. The number of hydrogen-bond acceptors (Lipinski definition) is 19. The number of ether oxygens (including phenoxy) is 7. The van der Waals surface area contributed by atoms with Gasteiger partial charge in [-0.25, -0.2) is 0 Å². The molecule has 2 amide bonds. The molecule has 546 valence electrons. The minimum atomic E-state index is -4.50. The van der Waals surface area contributed by atoms with Gasteiger partial charge in [0.15, 0.2) is 5.78 Å². The van der Waals surface area contributed by atoms with Crippen molar-refractivity contribution in [3.05, 3.63) is 203 Å². The molecule has 0 bridgehead atoms. The lowest BCUT2D eigenvalue weighted by molar-refractivity contribution is -0.143. The summed E-state index contributed by atoms with van der Waals surface area (Å²) in [6.07, 6.45) is -1.23. The van der Waals surface area contributed by atoms with Gasteiger partial charge in [-0.15, -0.1) is 0 Å². The predicted molar refractivity (Wildman–Crippen MR) is 400 cm³/mol. The van der Waals surface area contributed by atoms with Crippen LogP contribution in [0.5, 0.6) is 11.5 Å². The number of hydrogen-bond donors (Lipinski definition) is 2. The summed E-state index contributed by atoms with van der Waals surface area (Å²) in [4.78, 5) is 93.1. The van der Waals surface area contributed by atoms with Crippen LogP contribution in [0, 0.1) is 5.92 Å². The number of thioether (sulfide) groups is 5. The van der Waals surface area contributed by atoms with Gasteiger partial charge in [-0.05, 0) is 83.5 Å². The van der Waals surface area contributed by atoms with Crippen LogP contribution in [-0.4, -0.2) is 164 Å². The van der Waals surface area contributed by atoms with Crippen LogP contribution in [0.25, 0.3) is 0 Å². The first-order valence-corrected chi connectivity index (χ1v) is 39.6. The molecule has 0 spiro atoms. The molecule has 0 heterocycles. The predicted octanol–water partition coefficient (Wildman–Crippen LogP) is 13.7. The van der Waals surface area contributed by atoms with Gasteiger partial charge in [0.2, 0.25) is 11.8 Å². The van der Waals surface area contributed by atoms with Crippen LogP contribution in [-0.2, 0) is 90.7 Å². The Morgan fingerprint density at radius 3 is 1.34 bits per heavy atom. The molecule has 0 radical (unpaired) electrons. The molecule has 0 saturated heterocycles. The molecule has 0 aliphatic rings. The van der Waals surface area contributed by atoms with E-state index in [0.717, 1.165) is 53.0 Å². The monoisotopic (exact) mass is 1490 g/mol. The van der Waals surface area contributed by atoms with E-state index in [1.807, 2.05) is 121 Å². The van der Waals surface area contributed by atoms with Crippen molar-refractivity contribution in [2.75, 3.05) is 112 Å². The SMILES string of the molecule is CCCOCCCSCCNC(=O)C(CCCCNC(=O)Cc1ccc(C(F)(F)F)cc1)CC(=O)c1cc(OCC(CSCCOC(=O)Cc2ccccc2)SCCOC(=O)Cc2ccccc2)cc(OCC(CSCCOC(=O)Cc2ccccc2)SCCOC(=O)Cc2ccccc2)c1. The van der Waals surface area contributed by atoms with Crippen molar-refractivity contribution in [2.24, 2.45) is 5.92 Å². The van der Waals surface area contributed by atoms with Gasteiger partial charge in [-0.1, -0.05) is 147 Å². The van der Waals surface area contributed by atoms with E-state index in [1.54, 1.807) is 77.0 Å². The smallest absolute Gasteiger partial charge is 0.416 e. The molecule has 0 saturated carbocycles. The maximum Gasteiger partial charge on any atom is 0.416 e. The lowest BCUT2D eigenvalue weighted by Crippen LogP contribution is -2.34. The highest BCUT2D eigenvalue weighted by Crippen LogP contribution is 2.31. The van der Waals surface area contributed by atoms with Crippen LogP contribution < -0.4 is 20.1 Å². The van der Waals surface area contributed by atoms with E-state index in [1.165, 1.54) is 12.1 Å². The first-order chi connectivity index (χ1) is 49.1. The standard InChI is InChI=1S/C77H93F3N2O14S5/c1-2-33-90-34-17-39-97-40-32-82-76(89)63(26-15-16-31-81-71(84)45-62-27-29-65(30-28-62)77(78,79)80)52-70(83)64-50-66(95-54-68(100-43-37-93-74(87)48-60-22-11-5-12-23-60)56-98-41-35-91-72(85)46-58-18-7-3-8-19-58)53-67(51-64)96-55-69(101-44-38-94-75(88)49-61-24-13-6-14-25-61)57-99-42-36-92-73(86)47-59-20-9-4-10-21-59/h3-14,18-25,27-30,50-51,53,63,68-69H,2,15-17,26,31-49,52,54-57H2,1H3,(H,81,84)(H,82,89). The third-order valence-electron chi connectivity index (χ3n) is 15.0. The molecule has 16 nitrogen and oxygen atoms in total. The number of carbonyl (C=O) groups excluding carboxylic acids is 7. The second kappa shape index (κ2) is 49.5. The third kappa shape index (κ3) is 37.1. The van der Waals surface area contributed by atoms with E-state index >= 15 is 0 Å². The van der Waals surface area contributed by atoms with Gasteiger partial charge in [0.25, 0.3) is 0 Å². The number of alkyl halides is 3. The normalized spacial score (nSPS) is 12.1. The third-order valence-corrected chi connectivity index (χ3v) is 21.1. The number of carbonyl (C=O) groups is 7. The van der Waals surface area contributed by atoms with E-state index in [0.29, 0.717) is 96.4 Å². The fraction of sp³-hybridized carbons (Fsp3) is 0.442. The zero-order chi connectivity index (χ0) is 72.0. The van der Waals surface area contributed by atoms with Crippen molar-refractivity contribution in [3.8, 4) is 11.5 Å². The number of unbranched alkanes of at least 4 members (excludes halogenated alkanes) is 1. The van der Waals surface area contributed by atoms with Crippen LogP contribution in [0.4, 0.5) is 13.2 Å². The van der Waals surface area contributed by atoms with Crippen molar-refractivity contribution in [1.29, 1.82) is 0 Å². The van der Waals surface area contributed by atoms with E-state index in [4.69, 9.17) is 33.2 Å². The van der Waals surface area contributed by atoms with E-state index in [2.05, 4.69) is 17.6 Å². The second-order valence-electron chi connectivity index (χ2n) is 23.4. The summed E-state index contributed by atoms with van der Waals surface area (Å²) in [6.45, 7) is 4.96. The van der Waals surface area contributed by atoms with Crippen molar-refractivity contribution in [1.82, 2.24) is 10.6 Å². The van der Waals surface area contributed by atoms with Gasteiger partial charge in [0.05, 0.1) is 37.7 Å². The fourth-order valence-corrected chi connectivity index (χ4v) is 14.8. The highest BCUT2D eigenvalue weighted by atomic mass is 32.2. The molecule has 101 heavy (non-hydrogen) atoms. The quantitative estimate of drug-likeness (QED) is 0.0157. The van der Waals surface area contributed by atoms with Crippen molar-refractivity contribution in [2.45, 2.75) is 94.2 Å². The van der Waals surface area contributed by atoms with Crippen molar-refractivity contribution >= 4 is 100 Å². The summed E-state index contributed by atoms with van der Waals surface area (Å²) < 4.78 is 80.9. The Bertz CT molecular complexity index is 3220. The first kappa shape index (κ1) is 82.9. The molecule has 6 rings (SSSR count). The maximum atomic E-state index is 14.9. The molecule has 0 fully saturated rings. The lowest BCUT2D eigenvalue weighted by Gasteiger charge is -2.20. The number of rotatable bonds is 52. The summed E-state index contributed by atoms with van der Waals surface area (Å²) in [5.41, 5.74) is 3.22. The van der Waals surface area contributed by atoms with E-state index < -0.39 is 17.7 Å².